The third kappa shape index (κ3) is 2.83. The SMILES string of the molecule is COCc1ccccc1NC1=NCCCC1. The van der Waals surface area contributed by atoms with Gasteiger partial charge in [0.05, 0.1) is 6.61 Å². The van der Waals surface area contributed by atoms with Crippen LogP contribution in [0.3, 0.4) is 0 Å². The van der Waals surface area contributed by atoms with Gasteiger partial charge in [0.15, 0.2) is 0 Å². The third-order valence-electron chi connectivity index (χ3n) is 2.72. The first kappa shape index (κ1) is 11.1. The number of nitrogens with zero attached hydrogens (tertiary/aromatic N) is 1. The van der Waals surface area contributed by atoms with E-state index in [0.29, 0.717) is 6.61 Å². The summed E-state index contributed by atoms with van der Waals surface area (Å²) in [7, 11) is 1.72. The van der Waals surface area contributed by atoms with E-state index in [0.717, 1.165) is 24.5 Å². The first-order valence-corrected chi connectivity index (χ1v) is 5.77. The zero-order valence-corrected chi connectivity index (χ0v) is 9.70. The van der Waals surface area contributed by atoms with Crippen molar-refractivity contribution >= 4 is 11.5 Å². The second kappa shape index (κ2) is 5.66. The van der Waals surface area contributed by atoms with Gasteiger partial charge in [-0.2, -0.15) is 0 Å². The van der Waals surface area contributed by atoms with Gasteiger partial charge >= 0.3 is 0 Å². The van der Waals surface area contributed by atoms with Crippen LogP contribution >= 0.6 is 0 Å². The molecule has 0 atom stereocenters. The van der Waals surface area contributed by atoms with Crippen molar-refractivity contribution in [3.63, 3.8) is 0 Å². The van der Waals surface area contributed by atoms with Crippen LogP contribution in [0.15, 0.2) is 29.3 Å². The number of hydrogen-bond donors (Lipinski definition) is 1. The summed E-state index contributed by atoms with van der Waals surface area (Å²) in [6.45, 7) is 1.59. The summed E-state index contributed by atoms with van der Waals surface area (Å²) in [5.74, 6) is 1.11. The van der Waals surface area contributed by atoms with E-state index in [1.807, 2.05) is 12.1 Å². The molecule has 0 bridgehead atoms. The van der Waals surface area contributed by atoms with Gasteiger partial charge in [-0.1, -0.05) is 18.2 Å². The lowest BCUT2D eigenvalue weighted by atomic mass is 10.1. The normalized spacial score (nSPS) is 15.7. The summed E-state index contributed by atoms with van der Waals surface area (Å²) in [5.41, 5.74) is 2.29. The Bertz CT molecular complexity index is 374. The summed E-state index contributed by atoms with van der Waals surface area (Å²) in [4.78, 5) is 4.49. The van der Waals surface area contributed by atoms with Gasteiger partial charge < -0.3 is 10.1 Å². The number of amidine groups is 1. The maximum absolute atomic E-state index is 5.18. The Morgan fingerprint density at radius 1 is 1.31 bits per heavy atom. The number of methoxy groups -OCH3 is 1. The molecule has 1 aromatic carbocycles. The van der Waals surface area contributed by atoms with Crippen LogP contribution in [0.2, 0.25) is 0 Å². The number of aliphatic imine (C=N–C) groups is 1. The summed E-state index contributed by atoms with van der Waals surface area (Å²) >= 11 is 0. The topological polar surface area (TPSA) is 33.6 Å². The monoisotopic (exact) mass is 218 g/mol. The Labute approximate surface area is 96.5 Å². The zero-order chi connectivity index (χ0) is 11.2. The molecule has 0 radical (unpaired) electrons. The van der Waals surface area contributed by atoms with E-state index < -0.39 is 0 Å². The molecule has 1 aliphatic heterocycles. The van der Waals surface area contributed by atoms with Gasteiger partial charge in [-0.3, -0.25) is 4.99 Å². The number of para-hydroxylation sites is 1. The number of rotatable bonds is 3. The molecule has 3 nitrogen and oxygen atoms in total. The van der Waals surface area contributed by atoms with Crippen molar-refractivity contribution < 1.29 is 4.74 Å². The van der Waals surface area contributed by atoms with Crippen molar-refractivity contribution in [3.05, 3.63) is 29.8 Å². The first-order chi connectivity index (χ1) is 7.90. The lowest BCUT2D eigenvalue weighted by Crippen LogP contribution is -2.17. The van der Waals surface area contributed by atoms with Gasteiger partial charge in [-0.05, 0) is 18.9 Å². The number of anilines is 1. The molecule has 3 heteroatoms. The molecule has 0 fully saturated rings. The quantitative estimate of drug-likeness (QED) is 0.846. The summed E-state index contributed by atoms with van der Waals surface area (Å²) in [6, 6.07) is 8.22. The van der Waals surface area contributed by atoms with E-state index in [-0.39, 0.29) is 0 Å². The first-order valence-electron chi connectivity index (χ1n) is 5.77. The highest BCUT2D eigenvalue weighted by Crippen LogP contribution is 2.17. The van der Waals surface area contributed by atoms with Crippen molar-refractivity contribution in [1.82, 2.24) is 0 Å². The molecular weight excluding hydrogens is 200 g/mol. The highest BCUT2D eigenvalue weighted by atomic mass is 16.5. The Balaban J connectivity index is 2.10. The summed E-state index contributed by atoms with van der Waals surface area (Å²) in [6.07, 6.45) is 3.50. The molecule has 0 saturated carbocycles. The van der Waals surface area contributed by atoms with E-state index in [1.54, 1.807) is 7.11 Å². The highest BCUT2D eigenvalue weighted by molar-refractivity contribution is 5.96. The fraction of sp³-hybridized carbons (Fsp3) is 0.462. The summed E-state index contributed by atoms with van der Waals surface area (Å²) in [5, 5.41) is 3.40. The van der Waals surface area contributed by atoms with Gasteiger partial charge in [-0.25, -0.2) is 0 Å². The molecule has 1 aromatic rings. The fourth-order valence-corrected chi connectivity index (χ4v) is 1.88. The van der Waals surface area contributed by atoms with Crippen LogP contribution in [0.4, 0.5) is 5.69 Å². The van der Waals surface area contributed by atoms with E-state index in [1.165, 1.54) is 18.4 Å². The molecule has 0 aromatic heterocycles. The number of hydrogen-bond acceptors (Lipinski definition) is 3. The van der Waals surface area contributed by atoms with E-state index in [9.17, 15) is 0 Å². The maximum Gasteiger partial charge on any atom is 0.101 e. The zero-order valence-electron chi connectivity index (χ0n) is 9.70. The Morgan fingerprint density at radius 3 is 2.94 bits per heavy atom. The fourth-order valence-electron chi connectivity index (χ4n) is 1.88. The molecule has 0 saturated heterocycles. The third-order valence-corrected chi connectivity index (χ3v) is 2.72. The minimum absolute atomic E-state index is 0.635. The highest BCUT2D eigenvalue weighted by Gasteiger charge is 2.07. The Hall–Kier alpha value is -1.35. The van der Waals surface area contributed by atoms with Crippen LogP contribution in [0.5, 0.6) is 0 Å². The number of benzene rings is 1. The molecule has 1 aliphatic rings. The second-order valence-electron chi connectivity index (χ2n) is 4.00. The van der Waals surface area contributed by atoms with E-state index in [4.69, 9.17) is 4.74 Å². The van der Waals surface area contributed by atoms with Crippen molar-refractivity contribution in [2.24, 2.45) is 4.99 Å². The molecule has 0 aliphatic carbocycles. The van der Waals surface area contributed by atoms with Gasteiger partial charge in [0.25, 0.3) is 0 Å². The minimum atomic E-state index is 0.635. The largest absolute Gasteiger partial charge is 0.380 e. The molecule has 0 amide bonds. The lowest BCUT2D eigenvalue weighted by Gasteiger charge is -2.16. The molecular formula is C13H18N2O. The van der Waals surface area contributed by atoms with Gasteiger partial charge in [0.2, 0.25) is 0 Å². The molecule has 1 heterocycles. The van der Waals surface area contributed by atoms with Gasteiger partial charge in [-0.15, -0.1) is 0 Å². The van der Waals surface area contributed by atoms with Crippen molar-refractivity contribution in [1.29, 1.82) is 0 Å². The average Bonchev–Trinajstić information content (AvgIpc) is 2.33. The molecule has 1 N–H and O–H groups in total. The van der Waals surface area contributed by atoms with Gasteiger partial charge in [0, 0.05) is 31.3 Å². The molecule has 86 valence electrons. The number of ether oxygens (including phenoxy) is 1. The predicted molar refractivity (Wildman–Crippen MR) is 66.9 cm³/mol. The Kier molecular flexibility index (Phi) is 3.94. The summed E-state index contributed by atoms with van der Waals surface area (Å²) < 4.78 is 5.18. The van der Waals surface area contributed by atoms with E-state index >= 15 is 0 Å². The van der Waals surface area contributed by atoms with Crippen molar-refractivity contribution in [2.75, 3.05) is 19.0 Å². The van der Waals surface area contributed by atoms with Gasteiger partial charge in [0.1, 0.15) is 5.84 Å². The van der Waals surface area contributed by atoms with Crippen LogP contribution in [-0.4, -0.2) is 19.5 Å². The number of nitrogens with one attached hydrogen (secondary N) is 1. The molecule has 16 heavy (non-hydrogen) atoms. The molecule has 0 spiro atoms. The van der Waals surface area contributed by atoms with Crippen molar-refractivity contribution in [2.45, 2.75) is 25.9 Å². The predicted octanol–water partition coefficient (Wildman–Crippen LogP) is 2.83. The van der Waals surface area contributed by atoms with E-state index in [2.05, 4.69) is 22.4 Å². The average molecular weight is 218 g/mol. The smallest absolute Gasteiger partial charge is 0.101 e. The standard InChI is InChI=1S/C13H18N2O/c1-16-10-11-6-2-3-7-12(11)15-13-8-4-5-9-14-13/h2-3,6-7H,4-5,8-10H2,1H3,(H,14,15). The van der Waals surface area contributed by atoms with Crippen LogP contribution in [0.1, 0.15) is 24.8 Å². The lowest BCUT2D eigenvalue weighted by molar-refractivity contribution is 0.185. The minimum Gasteiger partial charge on any atom is -0.380 e. The second-order valence-corrected chi connectivity index (χ2v) is 4.00. The molecule has 0 unspecified atom stereocenters. The molecule has 2 rings (SSSR count). The van der Waals surface area contributed by atoms with Crippen molar-refractivity contribution in [3.8, 4) is 0 Å². The Morgan fingerprint density at radius 2 is 2.19 bits per heavy atom. The van der Waals surface area contributed by atoms with Crippen LogP contribution in [-0.2, 0) is 11.3 Å². The van der Waals surface area contributed by atoms with Crippen LogP contribution in [0.25, 0.3) is 0 Å². The maximum atomic E-state index is 5.18. The van der Waals surface area contributed by atoms with Crippen LogP contribution < -0.4 is 5.32 Å². The van der Waals surface area contributed by atoms with Crippen LogP contribution in [0, 0.1) is 0 Å².